The summed E-state index contributed by atoms with van der Waals surface area (Å²) in [5.74, 6) is -1.22. The lowest BCUT2D eigenvalue weighted by Gasteiger charge is -2.31. The van der Waals surface area contributed by atoms with Gasteiger partial charge in [0.25, 0.3) is 0 Å². The zero-order valence-corrected chi connectivity index (χ0v) is 14.8. The molecule has 0 spiro atoms. The van der Waals surface area contributed by atoms with Crippen LogP contribution in [0.25, 0.3) is 0 Å². The van der Waals surface area contributed by atoms with Crippen LogP contribution in [0.5, 0.6) is 0 Å². The molecule has 23 heavy (non-hydrogen) atoms. The van der Waals surface area contributed by atoms with Gasteiger partial charge in [-0.25, -0.2) is 9.59 Å². The number of methoxy groups -OCH3 is 2. The molecule has 124 valence electrons. The zero-order chi connectivity index (χ0) is 17.0. The number of carbonyl (C=O) groups excluding carboxylic acids is 2. The van der Waals surface area contributed by atoms with Gasteiger partial charge >= 0.3 is 11.9 Å². The third-order valence-electron chi connectivity index (χ3n) is 3.56. The summed E-state index contributed by atoms with van der Waals surface area (Å²) < 4.78 is 15.9. The van der Waals surface area contributed by atoms with Crippen LogP contribution >= 0.6 is 15.9 Å². The maximum absolute atomic E-state index is 12.2. The van der Waals surface area contributed by atoms with E-state index in [2.05, 4.69) is 22.9 Å². The van der Waals surface area contributed by atoms with Crippen molar-refractivity contribution in [1.82, 2.24) is 0 Å². The molecule has 0 amide bonds. The summed E-state index contributed by atoms with van der Waals surface area (Å²) in [6, 6.07) is 5.71. The maximum Gasteiger partial charge on any atom is 0.355 e. The second kappa shape index (κ2) is 7.61. The Morgan fingerprint density at radius 3 is 2.52 bits per heavy atom. The molecule has 6 nitrogen and oxygen atoms in total. The molecule has 0 bridgehead atoms. The zero-order valence-electron chi connectivity index (χ0n) is 13.2. The van der Waals surface area contributed by atoms with Gasteiger partial charge < -0.3 is 19.1 Å². The highest BCUT2D eigenvalue weighted by molar-refractivity contribution is 9.10. The largest absolute Gasteiger partial charge is 0.466 e. The van der Waals surface area contributed by atoms with Crippen LogP contribution in [0.4, 0.5) is 5.69 Å². The molecule has 0 N–H and O–H groups in total. The number of aryl methyl sites for hydroxylation is 1. The van der Waals surface area contributed by atoms with Crippen LogP contribution in [0.15, 0.2) is 33.9 Å². The number of ether oxygens (including phenoxy) is 3. The molecule has 1 aromatic carbocycles. The number of hydrogen-bond donors (Lipinski definition) is 0. The molecular formula is C16H18BrNO5. The van der Waals surface area contributed by atoms with E-state index in [1.165, 1.54) is 14.2 Å². The molecule has 1 aliphatic heterocycles. The Bertz CT molecular complexity index is 656. The van der Waals surface area contributed by atoms with E-state index in [1.807, 2.05) is 18.2 Å². The van der Waals surface area contributed by atoms with E-state index in [4.69, 9.17) is 14.2 Å². The summed E-state index contributed by atoms with van der Waals surface area (Å²) in [5, 5.41) is 0. The Morgan fingerprint density at radius 1 is 1.26 bits per heavy atom. The van der Waals surface area contributed by atoms with Gasteiger partial charge in [-0.15, -0.1) is 0 Å². The molecule has 0 saturated heterocycles. The number of nitrogens with zero attached hydrogens (tertiary/aromatic N) is 1. The number of rotatable bonds is 4. The molecule has 0 unspecified atom stereocenters. The van der Waals surface area contributed by atoms with Crippen LogP contribution in [0.3, 0.4) is 0 Å². The fraction of sp³-hybridized carbons (Fsp3) is 0.375. The van der Waals surface area contributed by atoms with Gasteiger partial charge in [-0.05, 0) is 24.1 Å². The molecule has 1 aliphatic rings. The van der Waals surface area contributed by atoms with Gasteiger partial charge in [0, 0.05) is 10.2 Å². The van der Waals surface area contributed by atoms with Crippen molar-refractivity contribution >= 4 is 33.6 Å². The van der Waals surface area contributed by atoms with Crippen LogP contribution in [-0.2, 0) is 30.2 Å². The van der Waals surface area contributed by atoms with Crippen LogP contribution < -0.4 is 4.90 Å². The van der Waals surface area contributed by atoms with E-state index >= 15 is 0 Å². The fourth-order valence-electron chi connectivity index (χ4n) is 2.34. The Balaban J connectivity index is 2.52. The van der Waals surface area contributed by atoms with Gasteiger partial charge in [0.1, 0.15) is 12.4 Å². The van der Waals surface area contributed by atoms with E-state index in [0.29, 0.717) is 0 Å². The van der Waals surface area contributed by atoms with Gasteiger partial charge in [-0.2, -0.15) is 0 Å². The predicted octanol–water partition coefficient (Wildman–Crippen LogP) is 2.41. The number of benzene rings is 1. The van der Waals surface area contributed by atoms with Gasteiger partial charge in [-0.1, -0.05) is 28.9 Å². The third kappa shape index (κ3) is 3.56. The smallest absolute Gasteiger partial charge is 0.355 e. The highest BCUT2D eigenvalue weighted by Crippen LogP contribution is 2.30. The Morgan fingerprint density at radius 2 is 1.96 bits per heavy atom. The van der Waals surface area contributed by atoms with E-state index in [9.17, 15) is 9.59 Å². The Kier molecular flexibility index (Phi) is 5.79. The van der Waals surface area contributed by atoms with Crippen molar-refractivity contribution in [1.29, 1.82) is 0 Å². The number of carbonyl (C=O) groups is 2. The average Bonchev–Trinajstić information content (AvgIpc) is 2.59. The first-order chi connectivity index (χ1) is 11.0. The van der Waals surface area contributed by atoms with Gasteiger partial charge in [-0.3, -0.25) is 0 Å². The third-order valence-corrected chi connectivity index (χ3v) is 4.30. The fourth-order valence-corrected chi connectivity index (χ4v) is 2.99. The average molecular weight is 384 g/mol. The molecule has 0 atom stereocenters. The van der Waals surface area contributed by atoms with Crippen LogP contribution in [0.1, 0.15) is 12.5 Å². The molecule has 7 heteroatoms. The summed E-state index contributed by atoms with van der Waals surface area (Å²) in [6.07, 6.45) is 0.879. The second-order valence-corrected chi connectivity index (χ2v) is 5.70. The highest BCUT2D eigenvalue weighted by atomic mass is 79.9. The van der Waals surface area contributed by atoms with Crippen LogP contribution in [0, 0.1) is 0 Å². The van der Waals surface area contributed by atoms with Crippen molar-refractivity contribution in [2.75, 3.05) is 32.5 Å². The Hall–Kier alpha value is -1.86. The topological polar surface area (TPSA) is 65.1 Å². The van der Waals surface area contributed by atoms with Crippen LogP contribution in [0.2, 0.25) is 0 Å². The molecule has 1 heterocycles. The van der Waals surface area contributed by atoms with Crippen molar-refractivity contribution < 1.29 is 23.8 Å². The summed E-state index contributed by atoms with van der Waals surface area (Å²) in [7, 11) is 2.53. The molecular weight excluding hydrogens is 366 g/mol. The minimum Gasteiger partial charge on any atom is -0.466 e. The molecule has 0 fully saturated rings. The number of anilines is 1. The van der Waals surface area contributed by atoms with Crippen molar-refractivity contribution in [3.05, 3.63) is 39.5 Å². The van der Waals surface area contributed by atoms with Crippen molar-refractivity contribution in [2.45, 2.75) is 13.3 Å². The highest BCUT2D eigenvalue weighted by Gasteiger charge is 2.32. The van der Waals surface area contributed by atoms with E-state index in [0.717, 1.165) is 22.1 Å². The predicted molar refractivity (Wildman–Crippen MR) is 87.9 cm³/mol. The number of esters is 2. The van der Waals surface area contributed by atoms with Crippen molar-refractivity contribution in [2.24, 2.45) is 0 Å². The molecule has 0 radical (unpaired) electrons. The monoisotopic (exact) mass is 383 g/mol. The molecule has 0 aromatic heterocycles. The molecule has 0 saturated carbocycles. The normalized spacial score (nSPS) is 14.7. The first-order valence-corrected chi connectivity index (χ1v) is 7.86. The van der Waals surface area contributed by atoms with E-state index in [-0.39, 0.29) is 24.6 Å². The molecule has 1 aromatic rings. The first-order valence-electron chi connectivity index (χ1n) is 7.07. The summed E-state index contributed by atoms with van der Waals surface area (Å²) >= 11 is 3.51. The van der Waals surface area contributed by atoms with Crippen molar-refractivity contribution in [3.63, 3.8) is 0 Å². The maximum atomic E-state index is 12.2. The summed E-state index contributed by atoms with van der Waals surface area (Å²) in [4.78, 5) is 25.7. The van der Waals surface area contributed by atoms with Crippen molar-refractivity contribution in [3.8, 4) is 0 Å². The quantitative estimate of drug-likeness (QED) is 0.743. The molecule has 2 rings (SSSR count). The summed E-state index contributed by atoms with van der Waals surface area (Å²) in [6.45, 7) is 2.20. The van der Waals surface area contributed by atoms with Gasteiger partial charge in [0.2, 0.25) is 0 Å². The minimum atomic E-state index is -0.612. The van der Waals surface area contributed by atoms with E-state index < -0.39 is 11.9 Å². The second-order valence-electron chi connectivity index (χ2n) is 4.85. The van der Waals surface area contributed by atoms with Gasteiger partial charge in [0.05, 0.1) is 26.4 Å². The Labute approximate surface area is 143 Å². The van der Waals surface area contributed by atoms with Crippen LogP contribution in [-0.4, -0.2) is 39.5 Å². The lowest BCUT2D eigenvalue weighted by molar-refractivity contribution is -0.140. The minimum absolute atomic E-state index is 0.00181. The standard InChI is InChI=1S/C16H18BrNO5/c1-4-10-5-6-11(7-13(10)17)18-9-23-8-12(15(19)21-2)14(18)16(20)22-3/h5-7H,4,8-9H2,1-3H3. The number of hydrogen-bond acceptors (Lipinski definition) is 6. The number of halogens is 1. The lowest BCUT2D eigenvalue weighted by atomic mass is 10.1. The summed E-state index contributed by atoms with van der Waals surface area (Å²) in [5.41, 5.74) is 2.14. The lowest BCUT2D eigenvalue weighted by Crippen LogP contribution is -2.38. The van der Waals surface area contributed by atoms with Gasteiger partial charge in [0.15, 0.2) is 0 Å². The first kappa shape index (κ1) is 17.5. The molecule has 0 aliphatic carbocycles. The van der Waals surface area contributed by atoms with E-state index in [1.54, 1.807) is 4.90 Å². The SMILES string of the molecule is CCc1ccc(N2COCC(C(=O)OC)=C2C(=O)OC)cc1Br.